The minimum atomic E-state index is -0.852. The predicted molar refractivity (Wildman–Crippen MR) is 140 cm³/mol. The molecule has 1 atom stereocenters. The summed E-state index contributed by atoms with van der Waals surface area (Å²) >= 11 is 0. The minimum Gasteiger partial charge on any atom is -0.505 e. The van der Waals surface area contributed by atoms with Gasteiger partial charge in [-0.05, 0) is 72.7 Å². The first-order valence-electron chi connectivity index (χ1n) is 12.5. The van der Waals surface area contributed by atoms with Crippen LogP contribution in [0.4, 0.5) is 8.92 Å². The van der Waals surface area contributed by atoms with Crippen LogP contribution in [0.3, 0.4) is 0 Å². The van der Waals surface area contributed by atoms with Crippen molar-refractivity contribution >= 4 is 5.97 Å². The van der Waals surface area contributed by atoms with Gasteiger partial charge in [-0.25, -0.2) is 9.18 Å². The highest BCUT2D eigenvalue weighted by molar-refractivity contribution is 5.72. The highest BCUT2D eigenvalue weighted by Gasteiger charge is 2.26. The molecule has 0 spiro atoms. The first-order chi connectivity index (χ1) is 18.3. The lowest BCUT2D eigenvalue weighted by Gasteiger charge is -2.13. The maximum Gasteiger partial charge on any atom is 0.349 e. The number of fused-ring (bicyclic) bond motifs is 1. The van der Waals surface area contributed by atoms with Gasteiger partial charge in [-0.15, -0.1) is 0 Å². The van der Waals surface area contributed by atoms with E-state index in [1.165, 1.54) is 18.9 Å². The van der Waals surface area contributed by atoms with Crippen molar-refractivity contribution in [3.05, 3.63) is 82.7 Å². The molecule has 0 radical (unpaired) electrons. The van der Waals surface area contributed by atoms with E-state index in [0.29, 0.717) is 18.8 Å². The van der Waals surface area contributed by atoms with Crippen LogP contribution in [0.1, 0.15) is 47.4 Å². The standard InChI is InChI=1S/C16H17FO2.C10H9FO3.C4H8O/c1-10-7-14(18)16(17)11(2)15(10)13-6-4-5-12(8-13)9-19-3;11-14-10(12)5-7-6-13-9-4-2-1-3-8(7)9;1-2-4-5-3-1/h4-8,18H,9H2,1-3H3;1-4,7H,5-6H2;1-4H2. The van der Waals surface area contributed by atoms with Gasteiger partial charge in [-0.2, -0.15) is 0 Å². The van der Waals surface area contributed by atoms with Crippen molar-refractivity contribution in [2.24, 2.45) is 0 Å². The first kappa shape index (κ1) is 29.1. The molecule has 0 amide bonds. The maximum atomic E-state index is 13.8. The zero-order valence-electron chi connectivity index (χ0n) is 22.0. The molecule has 6 nitrogen and oxygen atoms in total. The maximum absolute atomic E-state index is 13.8. The molecule has 204 valence electrons. The third-order valence-electron chi connectivity index (χ3n) is 6.33. The number of rotatable bonds is 5. The Labute approximate surface area is 222 Å². The molecule has 2 aliphatic heterocycles. The van der Waals surface area contributed by atoms with Gasteiger partial charge in [0, 0.05) is 36.3 Å². The Morgan fingerprint density at radius 1 is 1.08 bits per heavy atom. The molecule has 0 saturated carbocycles. The minimum absolute atomic E-state index is 0.0213. The third kappa shape index (κ3) is 7.76. The van der Waals surface area contributed by atoms with Crippen LogP contribution >= 0.6 is 0 Å². The number of benzene rings is 3. The molecular formula is C30H34F2O6. The molecular weight excluding hydrogens is 494 g/mol. The van der Waals surface area contributed by atoms with Gasteiger partial charge in [-0.1, -0.05) is 36.4 Å². The highest BCUT2D eigenvalue weighted by Crippen LogP contribution is 2.36. The van der Waals surface area contributed by atoms with Gasteiger partial charge < -0.3 is 19.3 Å². The van der Waals surface area contributed by atoms with E-state index >= 15 is 0 Å². The second kappa shape index (κ2) is 14.4. The molecule has 38 heavy (non-hydrogen) atoms. The molecule has 0 bridgehead atoms. The lowest BCUT2D eigenvalue weighted by atomic mass is 9.94. The van der Waals surface area contributed by atoms with E-state index in [2.05, 4.69) is 4.94 Å². The van der Waals surface area contributed by atoms with Gasteiger partial charge in [0.15, 0.2) is 11.6 Å². The number of para-hydroxylation sites is 1. The van der Waals surface area contributed by atoms with Gasteiger partial charge >= 0.3 is 5.97 Å². The number of hydrogen-bond donors (Lipinski definition) is 1. The highest BCUT2D eigenvalue weighted by atomic mass is 19.3. The average Bonchev–Trinajstić information content (AvgIpc) is 3.63. The van der Waals surface area contributed by atoms with E-state index in [9.17, 15) is 18.8 Å². The molecule has 1 saturated heterocycles. The summed E-state index contributed by atoms with van der Waals surface area (Å²) in [6, 6.07) is 16.7. The molecule has 1 N–H and O–H groups in total. The fourth-order valence-corrected chi connectivity index (χ4v) is 4.51. The number of carbonyl (C=O) groups is 1. The number of phenolic OH excluding ortho intramolecular Hbond substituents is 1. The summed E-state index contributed by atoms with van der Waals surface area (Å²) in [5.74, 6) is -1.03. The normalized spacial score (nSPS) is 15.3. The fourth-order valence-electron chi connectivity index (χ4n) is 4.51. The third-order valence-corrected chi connectivity index (χ3v) is 6.33. The van der Waals surface area contributed by atoms with E-state index in [-0.39, 0.29) is 18.1 Å². The zero-order valence-corrected chi connectivity index (χ0v) is 22.0. The molecule has 3 aromatic carbocycles. The first-order valence-corrected chi connectivity index (χ1v) is 12.5. The van der Waals surface area contributed by atoms with Crippen molar-refractivity contribution in [1.29, 1.82) is 0 Å². The van der Waals surface area contributed by atoms with Crippen LogP contribution in [-0.2, 0) is 25.8 Å². The monoisotopic (exact) mass is 528 g/mol. The summed E-state index contributed by atoms with van der Waals surface area (Å²) in [5, 5.41) is 9.50. The van der Waals surface area contributed by atoms with Crippen molar-refractivity contribution in [2.45, 2.75) is 45.6 Å². The van der Waals surface area contributed by atoms with E-state index in [1.54, 1.807) is 14.0 Å². The van der Waals surface area contributed by atoms with Crippen LogP contribution in [0.2, 0.25) is 0 Å². The lowest BCUT2D eigenvalue weighted by molar-refractivity contribution is -0.184. The summed E-state index contributed by atoms with van der Waals surface area (Å²) in [7, 11) is 1.64. The van der Waals surface area contributed by atoms with Crippen molar-refractivity contribution in [2.75, 3.05) is 26.9 Å². The zero-order chi connectivity index (χ0) is 27.5. The van der Waals surface area contributed by atoms with Crippen molar-refractivity contribution in [1.82, 2.24) is 0 Å². The molecule has 8 heteroatoms. The smallest absolute Gasteiger partial charge is 0.349 e. The molecule has 0 aromatic heterocycles. The summed E-state index contributed by atoms with van der Waals surface area (Å²) in [4.78, 5) is 13.9. The number of carbonyl (C=O) groups excluding carboxylic acids is 1. The Bertz CT molecular complexity index is 1200. The Morgan fingerprint density at radius 2 is 1.82 bits per heavy atom. The Morgan fingerprint density at radius 3 is 2.47 bits per heavy atom. The summed E-state index contributed by atoms with van der Waals surface area (Å²) in [5.41, 5.74) is 5.06. The quantitative estimate of drug-likeness (QED) is 0.395. The molecule has 1 fully saturated rings. The van der Waals surface area contributed by atoms with Gasteiger partial charge in [0.2, 0.25) is 0 Å². The molecule has 3 aromatic rings. The van der Waals surface area contributed by atoms with Crippen molar-refractivity contribution in [3.8, 4) is 22.6 Å². The topological polar surface area (TPSA) is 74.2 Å². The van der Waals surface area contributed by atoms with Gasteiger partial charge in [0.25, 0.3) is 0 Å². The predicted octanol–water partition coefficient (Wildman–Crippen LogP) is 6.74. The van der Waals surface area contributed by atoms with Crippen LogP contribution in [0.25, 0.3) is 11.1 Å². The Kier molecular flexibility index (Phi) is 11.1. The molecule has 0 aliphatic carbocycles. The van der Waals surface area contributed by atoms with Gasteiger partial charge in [0.1, 0.15) is 5.75 Å². The number of aryl methyl sites for hydroxylation is 1. The van der Waals surface area contributed by atoms with Crippen molar-refractivity contribution in [3.63, 3.8) is 0 Å². The summed E-state index contributed by atoms with van der Waals surface area (Å²) < 4.78 is 40.7. The Hall–Kier alpha value is -3.49. The van der Waals surface area contributed by atoms with Crippen LogP contribution in [0.5, 0.6) is 11.5 Å². The van der Waals surface area contributed by atoms with Gasteiger partial charge in [-0.3, -0.25) is 4.94 Å². The molecule has 5 rings (SSSR count). The number of ether oxygens (including phenoxy) is 3. The Balaban J connectivity index is 0.000000183. The van der Waals surface area contributed by atoms with E-state index < -0.39 is 11.8 Å². The van der Waals surface area contributed by atoms with Crippen LogP contribution < -0.4 is 4.74 Å². The average molecular weight is 529 g/mol. The summed E-state index contributed by atoms with van der Waals surface area (Å²) in [6.07, 6.45) is 2.58. The van der Waals surface area contributed by atoms with E-state index in [0.717, 1.165) is 46.8 Å². The van der Waals surface area contributed by atoms with Crippen LogP contribution in [-0.4, -0.2) is 38.0 Å². The number of phenols is 1. The molecule has 2 aliphatic rings. The van der Waals surface area contributed by atoms with Crippen LogP contribution in [0.15, 0.2) is 54.6 Å². The van der Waals surface area contributed by atoms with Crippen molar-refractivity contribution < 1.29 is 38.0 Å². The van der Waals surface area contributed by atoms with Gasteiger partial charge in [0.05, 0.1) is 19.6 Å². The number of halogens is 2. The fraction of sp³-hybridized carbons (Fsp3) is 0.367. The molecule has 2 heterocycles. The van der Waals surface area contributed by atoms with E-state index in [1.807, 2.05) is 55.5 Å². The lowest BCUT2D eigenvalue weighted by Crippen LogP contribution is -2.08. The summed E-state index contributed by atoms with van der Waals surface area (Å²) in [6.45, 7) is 6.48. The SMILES string of the molecule is C1CCOC1.COCc1cccc(-c2c(C)cc(O)c(F)c2C)c1.O=C(CC1COc2ccccc21)OF. The number of hydrogen-bond acceptors (Lipinski definition) is 6. The second-order valence-electron chi connectivity index (χ2n) is 9.18. The molecule has 1 unspecified atom stereocenters. The number of methoxy groups -OCH3 is 1. The largest absolute Gasteiger partial charge is 0.505 e. The number of aromatic hydroxyl groups is 1. The van der Waals surface area contributed by atoms with E-state index in [4.69, 9.17) is 14.2 Å². The van der Waals surface area contributed by atoms with Crippen LogP contribution in [0, 0.1) is 19.7 Å². The second-order valence-corrected chi connectivity index (χ2v) is 9.18.